The highest BCUT2D eigenvalue weighted by atomic mass is 35.5. The van der Waals surface area contributed by atoms with Crippen molar-refractivity contribution in [3.8, 4) is 0 Å². The Hall–Kier alpha value is -1.98. The van der Waals surface area contributed by atoms with Crippen molar-refractivity contribution in [2.45, 2.75) is 38.6 Å². The van der Waals surface area contributed by atoms with Gasteiger partial charge in [0.15, 0.2) is 0 Å². The van der Waals surface area contributed by atoms with Gasteiger partial charge in [-0.3, -0.25) is 4.68 Å². The van der Waals surface area contributed by atoms with Gasteiger partial charge in [-0.15, -0.1) is 12.4 Å². The van der Waals surface area contributed by atoms with E-state index in [1.807, 2.05) is 36.1 Å². The van der Waals surface area contributed by atoms with Crippen LogP contribution in [-0.2, 0) is 11.2 Å². The van der Waals surface area contributed by atoms with Crippen LogP contribution in [0.2, 0.25) is 0 Å². The monoisotopic (exact) mass is 391 g/mol. The number of carbonyl (C=O) groups excluding carboxylic acids is 1. The third kappa shape index (κ3) is 6.01. The van der Waals surface area contributed by atoms with E-state index in [1.165, 1.54) is 12.0 Å². The molecule has 1 saturated heterocycles. The SMILES string of the molecule is CCOC(=O)N(C1CCN(CCCc2ccccc2)CC1)n1cccc1.Cl. The van der Waals surface area contributed by atoms with Gasteiger partial charge in [0, 0.05) is 25.5 Å². The summed E-state index contributed by atoms with van der Waals surface area (Å²) in [6, 6.07) is 14.7. The van der Waals surface area contributed by atoms with E-state index in [2.05, 4.69) is 35.2 Å². The zero-order chi connectivity index (χ0) is 18.2. The summed E-state index contributed by atoms with van der Waals surface area (Å²) in [5, 5.41) is 1.77. The molecule has 0 unspecified atom stereocenters. The van der Waals surface area contributed by atoms with Crippen molar-refractivity contribution in [2.75, 3.05) is 31.3 Å². The van der Waals surface area contributed by atoms with Gasteiger partial charge < -0.3 is 9.64 Å². The molecule has 2 heterocycles. The van der Waals surface area contributed by atoms with Crippen LogP contribution in [0.1, 0.15) is 31.7 Å². The fourth-order valence-corrected chi connectivity index (χ4v) is 3.63. The number of ether oxygens (including phenoxy) is 1. The Balaban J connectivity index is 0.00000261. The van der Waals surface area contributed by atoms with Crippen LogP contribution < -0.4 is 5.01 Å². The molecular formula is C21H30ClN3O2. The van der Waals surface area contributed by atoms with Gasteiger partial charge in [0.1, 0.15) is 0 Å². The lowest BCUT2D eigenvalue weighted by molar-refractivity contribution is 0.138. The Morgan fingerprint density at radius 2 is 1.78 bits per heavy atom. The molecule has 1 amide bonds. The van der Waals surface area contributed by atoms with Gasteiger partial charge in [0.05, 0.1) is 12.6 Å². The van der Waals surface area contributed by atoms with Crippen LogP contribution in [0, 0.1) is 0 Å². The van der Waals surface area contributed by atoms with Crippen molar-refractivity contribution in [1.29, 1.82) is 0 Å². The first-order valence-corrected chi connectivity index (χ1v) is 9.63. The maximum Gasteiger partial charge on any atom is 0.429 e. The van der Waals surface area contributed by atoms with Crippen molar-refractivity contribution in [3.63, 3.8) is 0 Å². The average Bonchev–Trinajstić information content (AvgIpc) is 3.18. The van der Waals surface area contributed by atoms with Crippen LogP contribution in [-0.4, -0.2) is 48.0 Å². The molecule has 1 aliphatic rings. The third-order valence-corrected chi connectivity index (χ3v) is 4.98. The number of hydrogen-bond donors (Lipinski definition) is 0. The number of nitrogens with zero attached hydrogens (tertiary/aromatic N) is 3. The third-order valence-electron chi connectivity index (χ3n) is 4.98. The van der Waals surface area contributed by atoms with Crippen molar-refractivity contribution >= 4 is 18.5 Å². The molecule has 0 radical (unpaired) electrons. The Morgan fingerprint density at radius 1 is 1.11 bits per heavy atom. The number of likely N-dealkylation sites (tertiary alicyclic amines) is 1. The molecule has 27 heavy (non-hydrogen) atoms. The summed E-state index contributed by atoms with van der Waals surface area (Å²) in [5.74, 6) is 0. The maximum atomic E-state index is 12.4. The second-order valence-electron chi connectivity index (χ2n) is 6.77. The highest BCUT2D eigenvalue weighted by molar-refractivity contribution is 5.85. The number of aromatic nitrogens is 1. The van der Waals surface area contributed by atoms with E-state index in [0.717, 1.165) is 38.9 Å². The summed E-state index contributed by atoms with van der Waals surface area (Å²) in [4.78, 5) is 14.9. The molecule has 1 aliphatic heterocycles. The summed E-state index contributed by atoms with van der Waals surface area (Å²) in [6.45, 7) is 5.41. The molecule has 5 nitrogen and oxygen atoms in total. The molecule has 0 aliphatic carbocycles. The number of carbonyl (C=O) groups is 1. The lowest BCUT2D eigenvalue weighted by atomic mass is 10.0. The molecular weight excluding hydrogens is 362 g/mol. The standard InChI is InChI=1S/C21H29N3O2.ClH/c1-2-26-21(25)24(23-15-6-7-16-23)20-12-17-22(18-13-20)14-8-11-19-9-4-3-5-10-19;/h3-7,9-10,15-16,20H,2,8,11-14,17-18H2,1H3;1H. The number of halogens is 1. The highest BCUT2D eigenvalue weighted by Crippen LogP contribution is 2.18. The number of amides is 1. The van der Waals surface area contributed by atoms with E-state index in [0.29, 0.717) is 6.61 Å². The second-order valence-corrected chi connectivity index (χ2v) is 6.77. The minimum absolute atomic E-state index is 0. The number of hydrogen-bond acceptors (Lipinski definition) is 3. The van der Waals surface area contributed by atoms with E-state index in [1.54, 1.807) is 5.01 Å². The molecule has 6 heteroatoms. The number of piperidine rings is 1. The van der Waals surface area contributed by atoms with E-state index < -0.39 is 0 Å². The van der Waals surface area contributed by atoms with Crippen LogP contribution in [0.15, 0.2) is 54.9 Å². The van der Waals surface area contributed by atoms with Crippen molar-refractivity contribution < 1.29 is 9.53 Å². The van der Waals surface area contributed by atoms with Crippen LogP contribution in [0.5, 0.6) is 0 Å². The second kappa shape index (κ2) is 11.0. The fraction of sp³-hybridized carbons (Fsp3) is 0.476. The zero-order valence-electron chi connectivity index (χ0n) is 16.0. The fourth-order valence-electron chi connectivity index (χ4n) is 3.63. The predicted molar refractivity (Wildman–Crippen MR) is 111 cm³/mol. The van der Waals surface area contributed by atoms with Crippen molar-refractivity contribution in [2.24, 2.45) is 0 Å². The Labute approximate surface area is 168 Å². The van der Waals surface area contributed by atoms with Crippen LogP contribution in [0.4, 0.5) is 4.79 Å². The topological polar surface area (TPSA) is 37.7 Å². The molecule has 1 aromatic carbocycles. The van der Waals surface area contributed by atoms with Gasteiger partial charge in [-0.25, -0.2) is 9.80 Å². The Kier molecular flexibility index (Phi) is 8.69. The van der Waals surface area contributed by atoms with Gasteiger partial charge in [-0.05, 0) is 56.8 Å². The maximum absolute atomic E-state index is 12.4. The van der Waals surface area contributed by atoms with Gasteiger partial charge in [0.25, 0.3) is 0 Å². The minimum Gasteiger partial charge on any atom is -0.448 e. The molecule has 0 spiro atoms. The summed E-state index contributed by atoms with van der Waals surface area (Å²) in [6.07, 6.45) is 7.80. The zero-order valence-corrected chi connectivity index (χ0v) is 16.8. The summed E-state index contributed by atoms with van der Waals surface area (Å²) in [5.41, 5.74) is 1.41. The highest BCUT2D eigenvalue weighted by Gasteiger charge is 2.29. The van der Waals surface area contributed by atoms with E-state index in [9.17, 15) is 4.79 Å². The van der Waals surface area contributed by atoms with E-state index in [4.69, 9.17) is 4.74 Å². The lowest BCUT2D eigenvalue weighted by Gasteiger charge is -2.38. The lowest BCUT2D eigenvalue weighted by Crippen LogP contribution is -2.52. The normalized spacial score (nSPS) is 15.1. The molecule has 0 saturated carbocycles. The molecule has 0 N–H and O–H groups in total. The van der Waals surface area contributed by atoms with Gasteiger partial charge >= 0.3 is 6.09 Å². The molecule has 1 fully saturated rings. The molecule has 2 aromatic rings. The number of aryl methyl sites for hydroxylation is 1. The number of rotatable bonds is 7. The van der Waals surface area contributed by atoms with Crippen molar-refractivity contribution in [1.82, 2.24) is 9.58 Å². The number of benzene rings is 1. The molecule has 3 rings (SSSR count). The molecule has 0 atom stereocenters. The van der Waals surface area contributed by atoms with Gasteiger partial charge in [0.2, 0.25) is 0 Å². The van der Waals surface area contributed by atoms with Crippen molar-refractivity contribution in [3.05, 3.63) is 60.4 Å². The molecule has 148 valence electrons. The summed E-state index contributed by atoms with van der Waals surface area (Å²) < 4.78 is 7.13. The van der Waals surface area contributed by atoms with Gasteiger partial charge in [-0.2, -0.15) is 0 Å². The van der Waals surface area contributed by atoms with Gasteiger partial charge in [-0.1, -0.05) is 30.3 Å². The van der Waals surface area contributed by atoms with E-state index in [-0.39, 0.29) is 24.5 Å². The smallest absolute Gasteiger partial charge is 0.429 e. The molecule has 1 aromatic heterocycles. The Morgan fingerprint density at radius 3 is 2.41 bits per heavy atom. The Bertz CT molecular complexity index is 655. The first-order valence-electron chi connectivity index (χ1n) is 9.63. The molecule has 0 bridgehead atoms. The quantitative estimate of drug-likeness (QED) is 0.713. The first kappa shape index (κ1) is 21.3. The van der Waals surface area contributed by atoms with Crippen LogP contribution in [0.3, 0.4) is 0 Å². The largest absolute Gasteiger partial charge is 0.448 e. The summed E-state index contributed by atoms with van der Waals surface area (Å²) >= 11 is 0. The van der Waals surface area contributed by atoms with Crippen LogP contribution >= 0.6 is 12.4 Å². The summed E-state index contributed by atoms with van der Waals surface area (Å²) in [7, 11) is 0. The van der Waals surface area contributed by atoms with Crippen LogP contribution in [0.25, 0.3) is 0 Å². The first-order chi connectivity index (χ1) is 12.8. The van der Waals surface area contributed by atoms with E-state index >= 15 is 0 Å². The minimum atomic E-state index is -0.258. The predicted octanol–water partition coefficient (Wildman–Crippen LogP) is 4.10. The average molecular weight is 392 g/mol.